The average Bonchev–Trinajstić information content (AvgIpc) is 2.84. The number of nitrogens with one attached hydrogen (secondary N) is 1. The maximum Gasteiger partial charge on any atom is 0.142 e. The molecule has 0 radical (unpaired) electrons. The van der Waals surface area contributed by atoms with Gasteiger partial charge < -0.3 is 10.1 Å². The van der Waals surface area contributed by atoms with Crippen LogP contribution in [-0.4, -0.2) is 16.9 Å². The van der Waals surface area contributed by atoms with Crippen LogP contribution in [0.2, 0.25) is 0 Å². The molecule has 94 valence electrons. The molecule has 4 nitrogen and oxygen atoms in total. The number of halogens is 1. The maximum absolute atomic E-state index is 5.29. The Bertz CT molecular complexity index is 551. The van der Waals surface area contributed by atoms with Gasteiger partial charge in [-0.1, -0.05) is 22.5 Å². The van der Waals surface area contributed by atoms with E-state index in [4.69, 9.17) is 4.74 Å². The van der Waals surface area contributed by atoms with Crippen molar-refractivity contribution in [3.05, 3.63) is 47.2 Å². The fourth-order valence-electron chi connectivity index (χ4n) is 1.58. The number of rotatable bonds is 5. The van der Waals surface area contributed by atoms with E-state index >= 15 is 0 Å². The molecule has 1 heterocycles. The first-order chi connectivity index (χ1) is 8.72. The smallest absolute Gasteiger partial charge is 0.142 e. The summed E-state index contributed by atoms with van der Waals surface area (Å²) < 4.78 is 7.98. The van der Waals surface area contributed by atoms with Crippen molar-refractivity contribution in [2.45, 2.75) is 6.54 Å². The molecule has 0 saturated heterocycles. The molecule has 0 aliphatic heterocycles. The van der Waals surface area contributed by atoms with Crippen LogP contribution < -0.4 is 10.1 Å². The van der Waals surface area contributed by atoms with Crippen molar-refractivity contribution in [1.29, 1.82) is 0 Å². The molecular weight excluding hydrogens is 294 g/mol. The molecule has 1 aromatic carbocycles. The van der Waals surface area contributed by atoms with Crippen LogP contribution in [0.4, 0.5) is 5.69 Å². The standard InChI is InChI=1S/C13H14BrN3O/c1-3-17-9-10(8-16-17)7-15-12-6-11(14)4-5-13(12)18-2/h3-6,8-9,15H,1,7H2,2H3. The fraction of sp³-hybridized carbons (Fsp3) is 0.154. The van der Waals surface area contributed by atoms with Crippen LogP contribution in [0.25, 0.3) is 6.20 Å². The van der Waals surface area contributed by atoms with Crippen molar-refractivity contribution in [2.75, 3.05) is 12.4 Å². The Balaban J connectivity index is 2.09. The van der Waals surface area contributed by atoms with Crippen molar-refractivity contribution in [3.8, 4) is 5.75 Å². The number of benzene rings is 1. The van der Waals surface area contributed by atoms with E-state index < -0.39 is 0 Å². The second kappa shape index (κ2) is 5.73. The van der Waals surface area contributed by atoms with Crippen molar-refractivity contribution >= 4 is 27.8 Å². The lowest BCUT2D eigenvalue weighted by atomic mass is 10.2. The molecule has 0 aliphatic rings. The lowest BCUT2D eigenvalue weighted by Gasteiger charge is -2.10. The van der Waals surface area contributed by atoms with Gasteiger partial charge >= 0.3 is 0 Å². The molecule has 1 aromatic heterocycles. The second-order valence-corrected chi connectivity index (χ2v) is 4.63. The minimum atomic E-state index is 0.681. The molecule has 0 atom stereocenters. The summed E-state index contributed by atoms with van der Waals surface area (Å²) in [4.78, 5) is 0. The molecule has 0 saturated carbocycles. The zero-order valence-corrected chi connectivity index (χ0v) is 11.6. The first-order valence-electron chi connectivity index (χ1n) is 5.46. The van der Waals surface area contributed by atoms with Gasteiger partial charge in [0.1, 0.15) is 5.75 Å². The Hall–Kier alpha value is -1.75. The Morgan fingerprint density at radius 1 is 1.56 bits per heavy atom. The number of methoxy groups -OCH3 is 1. The number of nitrogens with zero attached hydrogens (tertiary/aromatic N) is 2. The largest absolute Gasteiger partial charge is 0.495 e. The number of aromatic nitrogens is 2. The lowest BCUT2D eigenvalue weighted by molar-refractivity contribution is 0.416. The van der Waals surface area contributed by atoms with Gasteiger partial charge in [-0.05, 0) is 18.2 Å². The van der Waals surface area contributed by atoms with E-state index in [1.807, 2.05) is 24.4 Å². The molecule has 2 aromatic rings. The molecule has 18 heavy (non-hydrogen) atoms. The number of ether oxygens (including phenoxy) is 1. The Morgan fingerprint density at radius 2 is 2.39 bits per heavy atom. The Labute approximate surface area is 114 Å². The van der Waals surface area contributed by atoms with E-state index in [2.05, 4.69) is 32.9 Å². The molecule has 1 N–H and O–H groups in total. The highest BCUT2D eigenvalue weighted by atomic mass is 79.9. The van der Waals surface area contributed by atoms with Crippen LogP contribution in [0.5, 0.6) is 5.75 Å². The summed E-state index contributed by atoms with van der Waals surface area (Å²) in [6, 6.07) is 5.84. The molecule has 0 aliphatic carbocycles. The first kappa shape index (κ1) is 12.7. The van der Waals surface area contributed by atoms with Crippen LogP contribution in [0.3, 0.4) is 0 Å². The third kappa shape index (κ3) is 2.92. The second-order valence-electron chi connectivity index (χ2n) is 3.71. The van der Waals surface area contributed by atoms with Crippen LogP contribution >= 0.6 is 15.9 Å². The van der Waals surface area contributed by atoms with Gasteiger partial charge in [0.25, 0.3) is 0 Å². The number of hydrogen-bond donors (Lipinski definition) is 1. The third-order valence-electron chi connectivity index (χ3n) is 2.49. The molecule has 0 bridgehead atoms. The quantitative estimate of drug-likeness (QED) is 0.920. The highest BCUT2D eigenvalue weighted by Gasteiger charge is 2.04. The molecular formula is C13H14BrN3O. The highest BCUT2D eigenvalue weighted by molar-refractivity contribution is 9.10. The summed E-state index contributed by atoms with van der Waals surface area (Å²) in [6.07, 6.45) is 5.38. The van der Waals surface area contributed by atoms with Gasteiger partial charge in [0.05, 0.1) is 19.0 Å². The minimum absolute atomic E-state index is 0.681. The zero-order chi connectivity index (χ0) is 13.0. The lowest BCUT2D eigenvalue weighted by Crippen LogP contribution is -2.00. The molecule has 5 heteroatoms. The van der Waals surface area contributed by atoms with Crippen molar-refractivity contribution in [1.82, 2.24) is 9.78 Å². The topological polar surface area (TPSA) is 39.1 Å². The maximum atomic E-state index is 5.29. The fourth-order valence-corrected chi connectivity index (χ4v) is 1.95. The third-order valence-corrected chi connectivity index (χ3v) is 2.98. The van der Waals surface area contributed by atoms with Crippen LogP contribution in [-0.2, 0) is 6.54 Å². The highest BCUT2D eigenvalue weighted by Crippen LogP contribution is 2.28. The van der Waals surface area contributed by atoms with Gasteiger partial charge in [0, 0.05) is 29.0 Å². The number of anilines is 1. The van der Waals surface area contributed by atoms with Crippen LogP contribution in [0.15, 0.2) is 41.6 Å². The van der Waals surface area contributed by atoms with Gasteiger partial charge in [0.2, 0.25) is 0 Å². The van der Waals surface area contributed by atoms with Gasteiger partial charge in [-0.3, -0.25) is 0 Å². The van der Waals surface area contributed by atoms with Gasteiger partial charge in [-0.25, -0.2) is 4.68 Å². The van der Waals surface area contributed by atoms with E-state index in [1.54, 1.807) is 24.2 Å². The minimum Gasteiger partial charge on any atom is -0.495 e. The predicted octanol–water partition coefficient (Wildman–Crippen LogP) is 3.37. The average molecular weight is 308 g/mol. The SMILES string of the molecule is C=Cn1cc(CNc2cc(Br)ccc2OC)cn1. The molecule has 0 spiro atoms. The Morgan fingerprint density at radius 3 is 3.06 bits per heavy atom. The van der Waals surface area contributed by atoms with E-state index in [0.717, 1.165) is 21.5 Å². The van der Waals surface area contributed by atoms with Crippen molar-refractivity contribution in [3.63, 3.8) is 0 Å². The molecule has 2 rings (SSSR count). The van der Waals surface area contributed by atoms with Crippen LogP contribution in [0, 0.1) is 0 Å². The number of hydrogen-bond acceptors (Lipinski definition) is 3. The molecule has 0 fully saturated rings. The summed E-state index contributed by atoms with van der Waals surface area (Å²) in [5.74, 6) is 0.814. The van der Waals surface area contributed by atoms with E-state index in [1.165, 1.54) is 0 Å². The van der Waals surface area contributed by atoms with Gasteiger partial charge in [0.15, 0.2) is 0 Å². The Kier molecular flexibility index (Phi) is 4.04. The summed E-state index contributed by atoms with van der Waals surface area (Å²) in [5, 5.41) is 7.44. The van der Waals surface area contributed by atoms with Crippen LogP contribution in [0.1, 0.15) is 5.56 Å². The summed E-state index contributed by atoms with van der Waals surface area (Å²) in [7, 11) is 1.66. The summed E-state index contributed by atoms with van der Waals surface area (Å²) in [6.45, 7) is 4.34. The summed E-state index contributed by atoms with van der Waals surface area (Å²) >= 11 is 3.44. The monoisotopic (exact) mass is 307 g/mol. The predicted molar refractivity (Wildman–Crippen MR) is 76.6 cm³/mol. The van der Waals surface area contributed by atoms with E-state index in [9.17, 15) is 0 Å². The molecule has 0 unspecified atom stereocenters. The summed E-state index contributed by atoms with van der Waals surface area (Å²) in [5.41, 5.74) is 2.02. The normalized spacial score (nSPS) is 10.1. The zero-order valence-electron chi connectivity index (χ0n) is 10.1. The first-order valence-corrected chi connectivity index (χ1v) is 6.25. The van der Waals surface area contributed by atoms with Crippen molar-refractivity contribution < 1.29 is 4.74 Å². The van der Waals surface area contributed by atoms with Crippen molar-refractivity contribution in [2.24, 2.45) is 0 Å². The molecule has 0 amide bonds. The van der Waals surface area contributed by atoms with Gasteiger partial charge in [-0.2, -0.15) is 5.10 Å². The van der Waals surface area contributed by atoms with E-state index in [0.29, 0.717) is 6.54 Å². The van der Waals surface area contributed by atoms with Gasteiger partial charge in [-0.15, -0.1) is 0 Å². The van der Waals surface area contributed by atoms with E-state index in [-0.39, 0.29) is 0 Å².